The van der Waals surface area contributed by atoms with Crippen LogP contribution in [0.2, 0.25) is 0 Å². The first-order valence-corrected chi connectivity index (χ1v) is 6.95. The molecule has 0 spiro atoms. The highest BCUT2D eigenvalue weighted by atomic mass is 16.5. The molecule has 0 unspecified atom stereocenters. The van der Waals surface area contributed by atoms with E-state index in [2.05, 4.69) is 0 Å². The molecule has 2 aromatic carbocycles. The zero-order chi connectivity index (χ0) is 15.2. The molecule has 0 amide bonds. The number of rotatable bonds is 6. The van der Waals surface area contributed by atoms with Gasteiger partial charge in [0, 0.05) is 6.54 Å². The smallest absolute Gasteiger partial charge is 0.310 e. The van der Waals surface area contributed by atoms with Gasteiger partial charge in [0.15, 0.2) is 0 Å². The van der Waals surface area contributed by atoms with Crippen molar-refractivity contribution in [2.24, 2.45) is 0 Å². The van der Waals surface area contributed by atoms with Crippen LogP contribution in [0.3, 0.4) is 0 Å². The normalized spacial score (nSPS) is 10.9. The average Bonchev–Trinajstić information content (AvgIpc) is 2.46. The predicted octanol–water partition coefficient (Wildman–Crippen LogP) is 2.50. The molecule has 0 N–H and O–H groups in total. The van der Waals surface area contributed by atoms with E-state index in [0.29, 0.717) is 13.0 Å². The van der Waals surface area contributed by atoms with E-state index in [1.807, 2.05) is 55.4 Å². The fraction of sp³-hybridized carbons (Fsp3) is 0.353. The molecule has 0 saturated carbocycles. The number of ether oxygens (including phenoxy) is 2. The summed E-state index contributed by atoms with van der Waals surface area (Å²) in [5.74, 6) is 0.642. The SMILES string of the molecule is COc1ccc2cc(CC(=O)OCCN(C)C)ccc2c1. The van der Waals surface area contributed by atoms with Gasteiger partial charge in [0.05, 0.1) is 13.5 Å². The van der Waals surface area contributed by atoms with Crippen LogP contribution in [0.5, 0.6) is 5.75 Å². The van der Waals surface area contributed by atoms with Gasteiger partial charge in [0.25, 0.3) is 0 Å². The van der Waals surface area contributed by atoms with Crippen LogP contribution in [0.15, 0.2) is 36.4 Å². The topological polar surface area (TPSA) is 38.8 Å². The summed E-state index contributed by atoms with van der Waals surface area (Å²) in [6.45, 7) is 1.17. The number of carbonyl (C=O) groups excluding carboxylic acids is 1. The first kappa shape index (κ1) is 15.3. The van der Waals surface area contributed by atoms with Gasteiger partial charge in [-0.3, -0.25) is 4.79 Å². The quantitative estimate of drug-likeness (QED) is 0.765. The summed E-state index contributed by atoms with van der Waals surface area (Å²) < 4.78 is 10.4. The number of fused-ring (bicyclic) bond motifs is 1. The minimum Gasteiger partial charge on any atom is -0.497 e. The van der Waals surface area contributed by atoms with Crippen molar-refractivity contribution in [2.75, 3.05) is 34.4 Å². The molecule has 0 aliphatic rings. The number of methoxy groups -OCH3 is 1. The van der Waals surface area contributed by atoms with Crippen LogP contribution in [-0.2, 0) is 16.0 Å². The number of esters is 1. The van der Waals surface area contributed by atoms with Crippen molar-refractivity contribution in [1.29, 1.82) is 0 Å². The standard InChI is InChI=1S/C17H21NO3/c1-18(2)8-9-21-17(19)11-13-4-5-15-12-16(20-3)7-6-14(15)10-13/h4-7,10,12H,8-9,11H2,1-3H3. The van der Waals surface area contributed by atoms with Gasteiger partial charge in [-0.2, -0.15) is 0 Å². The Morgan fingerprint density at radius 2 is 1.81 bits per heavy atom. The van der Waals surface area contributed by atoms with Gasteiger partial charge in [-0.15, -0.1) is 0 Å². The summed E-state index contributed by atoms with van der Waals surface area (Å²) in [5, 5.41) is 2.19. The lowest BCUT2D eigenvalue weighted by molar-refractivity contribution is -0.143. The van der Waals surface area contributed by atoms with Crippen molar-refractivity contribution in [3.05, 3.63) is 42.0 Å². The molecule has 112 valence electrons. The van der Waals surface area contributed by atoms with Crippen LogP contribution in [-0.4, -0.2) is 45.2 Å². The van der Waals surface area contributed by atoms with Crippen LogP contribution >= 0.6 is 0 Å². The Hall–Kier alpha value is -2.07. The fourth-order valence-electron chi connectivity index (χ4n) is 2.07. The van der Waals surface area contributed by atoms with Gasteiger partial charge in [-0.25, -0.2) is 0 Å². The summed E-state index contributed by atoms with van der Waals surface area (Å²) in [7, 11) is 5.55. The third-order valence-electron chi connectivity index (χ3n) is 3.26. The summed E-state index contributed by atoms with van der Waals surface area (Å²) in [5.41, 5.74) is 0.961. The molecule has 0 radical (unpaired) electrons. The lowest BCUT2D eigenvalue weighted by Gasteiger charge is -2.10. The Morgan fingerprint density at radius 1 is 1.10 bits per heavy atom. The third kappa shape index (κ3) is 4.46. The highest BCUT2D eigenvalue weighted by Crippen LogP contribution is 2.22. The van der Waals surface area contributed by atoms with Crippen LogP contribution < -0.4 is 4.74 Å². The summed E-state index contributed by atoms with van der Waals surface area (Å²) in [4.78, 5) is 13.8. The van der Waals surface area contributed by atoms with Gasteiger partial charge in [-0.05, 0) is 42.6 Å². The second-order valence-electron chi connectivity index (χ2n) is 5.25. The van der Waals surface area contributed by atoms with Gasteiger partial charge in [0.2, 0.25) is 0 Å². The minimum absolute atomic E-state index is 0.190. The molecule has 0 aliphatic heterocycles. The maximum Gasteiger partial charge on any atom is 0.310 e. The van der Waals surface area contributed by atoms with Gasteiger partial charge in [0.1, 0.15) is 12.4 Å². The Morgan fingerprint density at radius 3 is 2.52 bits per heavy atom. The maximum atomic E-state index is 11.8. The number of hydrogen-bond acceptors (Lipinski definition) is 4. The fourth-order valence-corrected chi connectivity index (χ4v) is 2.07. The monoisotopic (exact) mass is 287 g/mol. The minimum atomic E-state index is -0.190. The highest BCUT2D eigenvalue weighted by molar-refractivity contribution is 5.85. The highest BCUT2D eigenvalue weighted by Gasteiger charge is 2.06. The maximum absolute atomic E-state index is 11.8. The zero-order valence-corrected chi connectivity index (χ0v) is 12.8. The Bertz CT molecular complexity index is 622. The van der Waals surface area contributed by atoms with E-state index in [1.165, 1.54) is 0 Å². The van der Waals surface area contributed by atoms with E-state index in [1.54, 1.807) is 7.11 Å². The van der Waals surface area contributed by atoms with Crippen molar-refractivity contribution < 1.29 is 14.3 Å². The van der Waals surface area contributed by atoms with Gasteiger partial charge < -0.3 is 14.4 Å². The molecule has 2 rings (SSSR count). The molecule has 0 aliphatic carbocycles. The van der Waals surface area contributed by atoms with Crippen molar-refractivity contribution in [3.63, 3.8) is 0 Å². The van der Waals surface area contributed by atoms with Gasteiger partial charge in [-0.1, -0.05) is 24.3 Å². The second-order valence-corrected chi connectivity index (χ2v) is 5.25. The van der Waals surface area contributed by atoms with E-state index in [0.717, 1.165) is 28.6 Å². The number of carbonyl (C=O) groups is 1. The number of hydrogen-bond donors (Lipinski definition) is 0. The summed E-state index contributed by atoms with van der Waals surface area (Å²) in [6, 6.07) is 11.9. The molecule has 4 nitrogen and oxygen atoms in total. The number of likely N-dealkylation sites (N-methyl/N-ethyl adjacent to an activating group) is 1. The van der Waals surface area contributed by atoms with Crippen molar-refractivity contribution >= 4 is 16.7 Å². The van der Waals surface area contributed by atoms with Crippen LogP contribution in [0.25, 0.3) is 10.8 Å². The van der Waals surface area contributed by atoms with E-state index in [4.69, 9.17) is 9.47 Å². The number of benzene rings is 2. The lowest BCUT2D eigenvalue weighted by Crippen LogP contribution is -2.20. The van der Waals surface area contributed by atoms with E-state index >= 15 is 0 Å². The first-order chi connectivity index (χ1) is 10.1. The zero-order valence-electron chi connectivity index (χ0n) is 12.8. The molecule has 4 heteroatoms. The average molecular weight is 287 g/mol. The van der Waals surface area contributed by atoms with Crippen LogP contribution in [0, 0.1) is 0 Å². The molecule has 0 heterocycles. The molecular formula is C17H21NO3. The molecule has 21 heavy (non-hydrogen) atoms. The molecule has 0 atom stereocenters. The summed E-state index contributed by atoms with van der Waals surface area (Å²) >= 11 is 0. The van der Waals surface area contributed by atoms with Crippen LogP contribution in [0.1, 0.15) is 5.56 Å². The second kappa shape index (κ2) is 7.09. The molecule has 0 saturated heterocycles. The largest absolute Gasteiger partial charge is 0.497 e. The molecule has 2 aromatic rings. The molecule has 0 fully saturated rings. The van der Waals surface area contributed by atoms with E-state index in [9.17, 15) is 4.79 Å². The molecule has 0 bridgehead atoms. The Kier molecular flexibility index (Phi) is 5.17. The van der Waals surface area contributed by atoms with E-state index in [-0.39, 0.29) is 5.97 Å². The van der Waals surface area contributed by atoms with Gasteiger partial charge >= 0.3 is 5.97 Å². The predicted molar refractivity (Wildman–Crippen MR) is 83.7 cm³/mol. The van der Waals surface area contributed by atoms with Crippen molar-refractivity contribution in [3.8, 4) is 5.75 Å². The van der Waals surface area contributed by atoms with E-state index < -0.39 is 0 Å². The Labute approximate surface area is 125 Å². The lowest BCUT2D eigenvalue weighted by atomic mass is 10.0. The van der Waals surface area contributed by atoms with Crippen LogP contribution in [0.4, 0.5) is 0 Å². The van der Waals surface area contributed by atoms with Crippen molar-refractivity contribution in [1.82, 2.24) is 4.90 Å². The molecule has 0 aromatic heterocycles. The Balaban J connectivity index is 2.00. The van der Waals surface area contributed by atoms with Crippen molar-refractivity contribution in [2.45, 2.75) is 6.42 Å². The first-order valence-electron chi connectivity index (χ1n) is 6.95. The summed E-state index contributed by atoms with van der Waals surface area (Å²) in [6.07, 6.45) is 0.301. The third-order valence-corrected chi connectivity index (χ3v) is 3.26. The molecular weight excluding hydrogens is 266 g/mol. The number of nitrogens with zero attached hydrogens (tertiary/aromatic N) is 1.